The Labute approximate surface area is 76.5 Å². The minimum absolute atomic E-state index is 0.0233. The van der Waals surface area contributed by atoms with Crippen molar-refractivity contribution in [1.29, 1.82) is 0 Å². The Kier molecular flexibility index (Phi) is 3.25. The molecule has 0 saturated carbocycles. The fourth-order valence-corrected chi connectivity index (χ4v) is 1.20. The lowest BCUT2D eigenvalue weighted by Crippen LogP contribution is -2.41. The van der Waals surface area contributed by atoms with Gasteiger partial charge in [-0.25, -0.2) is 0 Å². The Morgan fingerprint density at radius 2 is 2.54 bits per heavy atom. The highest BCUT2D eigenvalue weighted by Gasteiger charge is 2.21. The molecule has 0 bridgehead atoms. The Morgan fingerprint density at radius 3 is 3.00 bits per heavy atom. The molecule has 0 aromatic carbocycles. The van der Waals surface area contributed by atoms with E-state index in [2.05, 4.69) is 10.6 Å². The summed E-state index contributed by atoms with van der Waals surface area (Å²) in [6.45, 7) is 1.80. The standard InChI is InChI=1S/C8H14N2O3/c1-5(11)8(13)9-4-6-2-3-7(12)10-6/h5-6,11H,2-4H2,1H3,(H,9,13)(H,10,12)/t5-,6?/m1/s1. The van der Waals surface area contributed by atoms with Crippen LogP contribution < -0.4 is 10.6 Å². The van der Waals surface area contributed by atoms with Crippen molar-refractivity contribution in [3.8, 4) is 0 Å². The zero-order chi connectivity index (χ0) is 9.84. The van der Waals surface area contributed by atoms with Gasteiger partial charge in [-0.05, 0) is 13.3 Å². The van der Waals surface area contributed by atoms with E-state index in [4.69, 9.17) is 5.11 Å². The number of aliphatic hydroxyl groups is 1. The molecule has 13 heavy (non-hydrogen) atoms. The van der Waals surface area contributed by atoms with Crippen LogP contribution in [0.5, 0.6) is 0 Å². The largest absolute Gasteiger partial charge is 0.384 e. The molecule has 3 N–H and O–H groups in total. The van der Waals surface area contributed by atoms with E-state index < -0.39 is 12.0 Å². The molecule has 0 spiro atoms. The third-order valence-electron chi connectivity index (χ3n) is 1.99. The summed E-state index contributed by atoms with van der Waals surface area (Å²) in [6.07, 6.45) is 0.283. The van der Waals surface area contributed by atoms with Gasteiger partial charge in [-0.3, -0.25) is 9.59 Å². The van der Waals surface area contributed by atoms with Crippen LogP contribution in [0.15, 0.2) is 0 Å². The second-order valence-corrected chi connectivity index (χ2v) is 3.22. The molecule has 1 fully saturated rings. The average Bonchev–Trinajstić information content (AvgIpc) is 2.47. The van der Waals surface area contributed by atoms with Crippen LogP contribution in [0.2, 0.25) is 0 Å². The molecular formula is C8H14N2O3. The average molecular weight is 186 g/mol. The van der Waals surface area contributed by atoms with E-state index in [0.717, 1.165) is 6.42 Å². The smallest absolute Gasteiger partial charge is 0.248 e. The number of rotatable bonds is 3. The number of carbonyl (C=O) groups excluding carboxylic acids is 2. The molecule has 74 valence electrons. The maximum absolute atomic E-state index is 10.9. The lowest BCUT2D eigenvalue weighted by molar-refractivity contribution is -0.128. The van der Waals surface area contributed by atoms with Crippen molar-refractivity contribution < 1.29 is 14.7 Å². The van der Waals surface area contributed by atoms with Gasteiger partial charge in [0.15, 0.2) is 0 Å². The minimum atomic E-state index is -0.989. The SMILES string of the molecule is C[C@@H](O)C(=O)NCC1CCC(=O)N1. The molecule has 0 aromatic heterocycles. The highest BCUT2D eigenvalue weighted by atomic mass is 16.3. The van der Waals surface area contributed by atoms with Gasteiger partial charge >= 0.3 is 0 Å². The lowest BCUT2D eigenvalue weighted by Gasteiger charge is -2.11. The van der Waals surface area contributed by atoms with Crippen LogP contribution >= 0.6 is 0 Å². The van der Waals surface area contributed by atoms with E-state index in [9.17, 15) is 9.59 Å². The molecule has 0 radical (unpaired) electrons. The van der Waals surface area contributed by atoms with Crippen molar-refractivity contribution in [3.63, 3.8) is 0 Å². The molecule has 1 aliphatic rings. The van der Waals surface area contributed by atoms with Gasteiger partial charge in [-0.2, -0.15) is 0 Å². The van der Waals surface area contributed by atoms with Crippen molar-refractivity contribution in [3.05, 3.63) is 0 Å². The topological polar surface area (TPSA) is 78.4 Å². The zero-order valence-electron chi connectivity index (χ0n) is 7.54. The van der Waals surface area contributed by atoms with E-state index in [0.29, 0.717) is 13.0 Å². The van der Waals surface area contributed by atoms with Crippen molar-refractivity contribution >= 4 is 11.8 Å². The van der Waals surface area contributed by atoms with Gasteiger partial charge in [0.05, 0.1) is 0 Å². The molecule has 1 heterocycles. The third-order valence-corrected chi connectivity index (χ3v) is 1.99. The molecule has 1 aliphatic heterocycles. The van der Waals surface area contributed by atoms with Crippen molar-refractivity contribution in [1.82, 2.24) is 10.6 Å². The summed E-state index contributed by atoms with van der Waals surface area (Å²) in [5.74, 6) is -0.377. The van der Waals surface area contributed by atoms with Gasteiger partial charge < -0.3 is 15.7 Å². The Bertz CT molecular complexity index is 215. The van der Waals surface area contributed by atoms with E-state index in [1.165, 1.54) is 6.92 Å². The number of hydrogen-bond acceptors (Lipinski definition) is 3. The van der Waals surface area contributed by atoms with Crippen LogP contribution in [0.25, 0.3) is 0 Å². The van der Waals surface area contributed by atoms with Crippen molar-refractivity contribution in [2.45, 2.75) is 31.9 Å². The predicted octanol–water partition coefficient (Wildman–Crippen LogP) is -1.24. The summed E-state index contributed by atoms with van der Waals surface area (Å²) in [6, 6.07) is 0.0233. The fourth-order valence-electron chi connectivity index (χ4n) is 1.20. The van der Waals surface area contributed by atoms with E-state index in [-0.39, 0.29) is 11.9 Å². The van der Waals surface area contributed by atoms with Crippen molar-refractivity contribution in [2.24, 2.45) is 0 Å². The Balaban J connectivity index is 2.19. The summed E-state index contributed by atoms with van der Waals surface area (Å²) >= 11 is 0. The van der Waals surface area contributed by atoms with Gasteiger partial charge in [0.2, 0.25) is 11.8 Å². The Morgan fingerprint density at radius 1 is 1.85 bits per heavy atom. The van der Waals surface area contributed by atoms with Gasteiger partial charge in [0.1, 0.15) is 6.10 Å². The summed E-state index contributed by atoms with van der Waals surface area (Å²) in [5.41, 5.74) is 0. The lowest BCUT2D eigenvalue weighted by atomic mass is 10.2. The number of amides is 2. The first-order valence-corrected chi connectivity index (χ1v) is 4.34. The van der Waals surface area contributed by atoms with Gasteiger partial charge in [0, 0.05) is 19.0 Å². The molecule has 1 rings (SSSR count). The van der Waals surface area contributed by atoms with E-state index in [1.54, 1.807) is 0 Å². The van der Waals surface area contributed by atoms with Gasteiger partial charge in [0.25, 0.3) is 0 Å². The molecule has 0 aromatic rings. The van der Waals surface area contributed by atoms with Crippen LogP contribution in [-0.4, -0.2) is 35.6 Å². The number of nitrogens with one attached hydrogen (secondary N) is 2. The van der Waals surface area contributed by atoms with Gasteiger partial charge in [-0.15, -0.1) is 0 Å². The van der Waals surface area contributed by atoms with Crippen molar-refractivity contribution in [2.75, 3.05) is 6.54 Å². The quantitative estimate of drug-likeness (QED) is 0.516. The number of aliphatic hydroxyl groups excluding tert-OH is 1. The monoisotopic (exact) mass is 186 g/mol. The number of hydrogen-bond donors (Lipinski definition) is 3. The van der Waals surface area contributed by atoms with Crippen LogP contribution in [0.4, 0.5) is 0 Å². The summed E-state index contributed by atoms with van der Waals surface area (Å²) in [4.78, 5) is 21.7. The van der Waals surface area contributed by atoms with Crippen LogP contribution in [0, 0.1) is 0 Å². The first-order valence-electron chi connectivity index (χ1n) is 4.34. The maximum Gasteiger partial charge on any atom is 0.248 e. The summed E-state index contributed by atoms with van der Waals surface area (Å²) in [7, 11) is 0. The fraction of sp³-hybridized carbons (Fsp3) is 0.750. The molecule has 1 unspecified atom stereocenters. The minimum Gasteiger partial charge on any atom is -0.384 e. The maximum atomic E-state index is 10.9. The first-order chi connectivity index (χ1) is 6.09. The van der Waals surface area contributed by atoms with Crippen LogP contribution in [-0.2, 0) is 9.59 Å². The van der Waals surface area contributed by atoms with E-state index >= 15 is 0 Å². The zero-order valence-corrected chi connectivity index (χ0v) is 7.54. The summed E-state index contributed by atoms with van der Waals surface area (Å²) in [5, 5.41) is 14.1. The molecule has 0 aliphatic carbocycles. The molecule has 2 atom stereocenters. The highest BCUT2D eigenvalue weighted by molar-refractivity contribution is 5.81. The van der Waals surface area contributed by atoms with Crippen LogP contribution in [0.1, 0.15) is 19.8 Å². The number of carbonyl (C=O) groups is 2. The third kappa shape index (κ3) is 3.02. The molecule has 1 saturated heterocycles. The molecule has 2 amide bonds. The normalized spacial score (nSPS) is 23.8. The second kappa shape index (κ2) is 4.23. The molecule has 5 nitrogen and oxygen atoms in total. The molecular weight excluding hydrogens is 172 g/mol. The highest BCUT2D eigenvalue weighted by Crippen LogP contribution is 2.04. The molecule has 5 heteroatoms. The van der Waals surface area contributed by atoms with Crippen LogP contribution in [0.3, 0.4) is 0 Å². The predicted molar refractivity (Wildman–Crippen MR) is 45.9 cm³/mol. The summed E-state index contributed by atoms with van der Waals surface area (Å²) < 4.78 is 0. The van der Waals surface area contributed by atoms with Gasteiger partial charge in [-0.1, -0.05) is 0 Å². The second-order valence-electron chi connectivity index (χ2n) is 3.22. The Hall–Kier alpha value is -1.10. The van der Waals surface area contributed by atoms with E-state index in [1.807, 2.05) is 0 Å². The first kappa shape index (κ1) is 9.98.